The Bertz CT molecular complexity index is 518. The molecule has 0 saturated heterocycles. The van der Waals surface area contributed by atoms with Crippen molar-refractivity contribution in [3.8, 4) is 0 Å². The maximum absolute atomic E-state index is 11.1. The van der Waals surface area contributed by atoms with Crippen molar-refractivity contribution in [3.05, 3.63) is 11.7 Å². The van der Waals surface area contributed by atoms with Gasteiger partial charge in [-0.3, -0.25) is 9.59 Å². The van der Waals surface area contributed by atoms with E-state index in [9.17, 15) is 14.4 Å². The van der Waals surface area contributed by atoms with Gasteiger partial charge in [0, 0.05) is 13.5 Å². The van der Waals surface area contributed by atoms with E-state index in [0.29, 0.717) is 0 Å². The number of carbonyl (C=O) groups excluding carboxylic acids is 2. The summed E-state index contributed by atoms with van der Waals surface area (Å²) in [6.45, 7) is 2.35. The lowest BCUT2D eigenvalue weighted by molar-refractivity contribution is -0.135. The molecule has 0 aliphatic heterocycles. The molecule has 13 nitrogen and oxygen atoms in total. The number of amides is 3. The van der Waals surface area contributed by atoms with Crippen LogP contribution in [0.4, 0.5) is 4.79 Å². The van der Waals surface area contributed by atoms with E-state index in [1.165, 1.54) is 6.92 Å². The molecule has 0 radical (unpaired) electrons. The fourth-order valence-electron chi connectivity index (χ4n) is 0.946. The molecule has 0 saturated carbocycles. The van der Waals surface area contributed by atoms with Crippen LogP contribution in [0.3, 0.4) is 0 Å². The molecule has 0 aromatic carbocycles. The van der Waals surface area contributed by atoms with Crippen LogP contribution in [0.1, 0.15) is 31.6 Å². The Kier molecular flexibility index (Phi) is 14.5. The van der Waals surface area contributed by atoms with Crippen molar-refractivity contribution < 1.29 is 34.2 Å². The van der Waals surface area contributed by atoms with Gasteiger partial charge in [-0.2, -0.15) is 4.98 Å². The normalized spacial score (nSPS) is 10.3. The summed E-state index contributed by atoms with van der Waals surface area (Å²) in [5, 5.41) is 32.5. The molecule has 13 heteroatoms. The second kappa shape index (κ2) is 14.8. The molecule has 0 aliphatic carbocycles. The number of urea groups is 1. The molecule has 0 spiro atoms. The predicted octanol–water partition coefficient (Wildman–Crippen LogP) is -2.56. The van der Waals surface area contributed by atoms with Gasteiger partial charge in [-0.15, -0.1) is 0 Å². The Morgan fingerprint density at radius 2 is 1.80 bits per heavy atom. The van der Waals surface area contributed by atoms with E-state index in [2.05, 4.69) is 26.5 Å². The summed E-state index contributed by atoms with van der Waals surface area (Å²) in [6, 6.07) is -1.42. The first-order valence-electron chi connectivity index (χ1n) is 6.97. The van der Waals surface area contributed by atoms with E-state index in [-0.39, 0.29) is 37.4 Å². The molecule has 0 bridgehead atoms. The Morgan fingerprint density at radius 3 is 2.24 bits per heavy atom. The van der Waals surface area contributed by atoms with Gasteiger partial charge < -0.3 is 41.9 Å². The third-order valence-electron chi connectivity index (χ3n) is 1.81. The minimum atomic E-state index is -1.15. The van der Waals surface area contributed by atoms with E-state index >= 15 is 0 Å². The van der Waals surface area contributed by atoms with Gasteiger partial charge in [0.15, 0.2) is 5.82 Å². The molecular formula is C12H24N6O7. The van der Waals surface area contributed by atoms with Crippen molar-refractivity contribution in [2.45, 2.75) is 26.4 Å². The summed E-state index contributed by atoms with van der Waals surface area (Å²) in [5.41, 5.74) is 9.92. The van der Waals surface area contributed by atoms with E-state index in [0.717, 1.165) is 0 Å². The number of hydrogen-bond donors (Lipinski definition) is 7. The van der Waals surface area contributed by atoms with Crippen LogP contribution in [0.2, 0.25) is 0 Å². The van der Waals surface area contributed by atoms with Crippen molar-refractivity contribution in [2.24, 2.45) is 11.5 Å². The maximum Gasteiger partial charge on any atom is 0.323 e. The van der Waals surface area contributed by atoms with Crippen LogP contribution in [0.25, 0.3) is 0 Å². The summed E-state index contributed by atoms with van der Waals surface area (Å²) in [5.74, 6) is -1.27. The van der Waals surface area contributed by atoms with Crippen LogP contribution in [0, 0.1) is 0 Å². The minimum Gasteiger partial charge on any atom is -0.480 e. The highest BCUT2D eigenvalue weighted by Gasteiger charge is 2.13. The average Bonchev–Trinajstić information content (AvgIpc) is 2.99. The fourth-order valence-corrected chi connectivity index (χ4v) is 0.946. The van der Waals surface area contributed by atoms with Crippen LogP contribution < -0.4 is 22.1 Å². The molecule has 1 atom stereocenters. The number of nitrogens with two attached hydrogens (primary N) is 2. The van der Waals surface area contributed by atoms with Gasteiger partial charge in [0.1, 0.15) is 6.54 Å². The van der Waals surface area contributed by atoms with E-state index in [1.807, 2.05) is 0 Å². The molecule has 1 rings (SSSR count). The molecule has 1 aromatic heterocycles. The number of nitrogens with zero attached hydrogens (tertiary/aromatic N) is 2. The third-order valence-corrected chi connectivity index (χ3v) is 1.81. The van der Waals surface area contributed by atoms with Gasteiger partial charge >= 0.3 is 12.0 Å². The topological polar surface area (TPSA) is 227 Å². The van der Waals surface area contributed by atoms with Crippen LogP contribution in [0.15, 0.2) is 4.52 Å². The fraction of sp³-hybridized carbons (Fsp3) is 0.583. The van der Waals surface area contributed by atoms with Crippen molar-refractivity contribution in [1.29, 1.82) is 0 Å². The zero-order valence-electron chi connectivity index (χ0n) is 13.9. The number of primary amides is 1. The van der Waals surface area contributed by atoms with Gasteiger partial charge in [-0.25, -0.2) is 4.79 Å². The molecule has 1 unspecified atom stereocenters. The van der Waals surface area contributed by atoms with Crippen molar-refractivity contribution in [2.75, 3.05) is 19.8 Å². The third kappa shape index (κ3) is 15.9. The SMILES string of the molecule is CC(N)=O.CCO.NC(CO)c1noc(CNC(=O)NCC(=O)O)n1. The van der Waals surface area contributed by atoms with Crippen LogP contribution in [-0.4, -0.2) is 63.1 Å². The number of aliphatic hydroxyl groups excluding tert-OH is 2. The van der Waals surface area contributed by atoms with Gasteiger partial charge in [-0.05, 0) is 6.92 Å². The van der Waals surface area contributed by atoms with Gasteiger partial charge in [-0.1, -0.05) is 5.16 Å². The van der Waals surface area contributed by atoms with Crippen LogP contribution in [-0.2, 0) is 16.1 Å². The lowest BCUT2D eigenvalue weighted by Gasteiger charge is -2.02. The zero-order valence-corrected chi connectivity index (χ0v) is 13.9. The second-order valence-electron chi connectivity index (χ2n) is 4.19. The molecular weight excluding hydrogens is 340 g/mol. The summed E-state index contributed by atoms with van der Waals surface area (Å²) in [7, 11) is 0. The van der Waals surface area contributed by atoms with Crippen molar-refractivity contribution >= 4 is 17.9 Å². The molecule has 1 heterocycles. The summed E-state index contributed by atoms with van der Waals surface area (Å²) < 4.78 is 4.75. The van der Waals surface area contributed by atoms with Crippen LogP contribution >= 0.6 is 0 Å². The Labute approximate surface area is 143 Å². The van der Waals surface area contributed by atoms with E-state index in [1.54, 1.807) is 6.92 Å². The van der Waals surface area contributed by atoms with E-state index in [4.69, 9.17) is 25.6 Å². The highest BCUT2D eigenvalue weighted by atomic mass is 16.5. The Hall–Kier alpha value is -2.77. The molecule has 25 heavy (non-hydrogen) atoms. The first kappa shape index (κ1) is 24.5. The lowest BCUT2D eigenvalue weighted by atomic mass is 10.3. The van der Waals surface area contributed by atoms with Crippen LogP contribution in [0.5, 0.6) is 0 Å². The molecule has 0 fully saturated rings. The Morgan fingerprint density at radius 1 is 1.28 bits per heavy atom. The number of rotatable bonds is 6. The number of aromatic nitrogens is 2. The Balaban J connectivity index is 0. The minimum absolute atomic E-state index is 0.0728. The van der Waals surface area contributed by atoms with Gasteiger partial charge in [0.05, 0.1) is 19.2 Å². The summed E-state index contributed by atoms with van der Waals surface area (Å²) in [6.07, 6.45) is 0. The smallest absolute Gasteiger partial charge is 0.323 e. The molecule has 3 amide bonds. The quantitative estimate of drug-likeness (QED) is 0.279. The number of carbonyl (C=O) groups is 3. The van der Waals surface area contributed by atoms with Gasteiger partial charge in [0.25, 0.3) is 0 Å². The van der Waals surface area contributed by atoms with Crippen molar-refractivity contribution in [1.82, 2.24) is 20.8 Å². The number of aliphatic carboxylic acids is 1. The lowest BCUT2D eigenvalue weighted by Crippen LogP contribution is -2.38. The molecule has 144 valence electrons. The first-order chi connectivity index (χ1) is 11.7. The monoisotopic (exact) mass is 364 g/mol. The first-order valence-corrected chi connectivity index (χ1v) is 6.97. The molecule has 1 aromatic rings. The van der Waals surface area contributed by atoms with Crippen molar-refractivity contribution in [3.63, 3.8) is 0 Å². The number of carboxylic acid groups (broad SMARTS) is 1. The highest BCUT2D eigenvalue weighted by Crippen LogP contribution is 2.04. The highest BCUT2D eigenvalue weighted by molar-refractivity contribution is 5.79. The molecule has 9 N–H and O–H groups in total. The predicted molar refractivity (Wildman–Crippen MR) is 83.8 cm³/mol. The summed E-state index contributed by atoms with van der Waals surface area (Å²) in [4.78, 5) is 34.3. The number of aliphatic hydroxyl groups is 2. The van der Waals surface area contributed by atoms with Gasteiger partial charge in [0.2, 0.25) is 11.8 Å². The summed E-state index contributed by atoms with van der Waals surface area (Å²) >= 11 is 0. The zero-order chi connectivity index (χ0) is 19.8. The molecule has 0 aliphatic rings. The number of nitrogens with one attached hydrogen (secondary N) is 2. The standard InChI is InChI=1S/C8H13N5O5.C2H5NO.C2H6O/c9-4(3-14)7-12-5(18-13-7)1-10-8(17)11-2-6(15)16;1-2(3)4;1-2-3/h4,14H,1-3,9H2,(H,15,16)(H2,10,11,17);1H3,(H2,3,4);3H,2H2,1H3. The number of hydrogen-bond acceptors (Lipinski definition) is 9. The second-order valence-corrected chi connectivity index (χ2v) is 4.19. The average molecular weight is 364 g/mol. The number of carboxylic acids is 1. The maximum atomic E-state index is 11.1. The largest absolute Gasteiger partial charge is 0.480 e. The van der Waals surface area contributed by atoms with E-state index < -0.39 is 24.6 Å².